The standard InChI is InChI=1S/C13H28N2O/c1-11-8-12(6-7-16-11)14-9-13(2,3)10-15(4)5/h11-12,14H,6-10H2,1-5H3. The minimum Gasteiger partial charge on any atom is -0.378 e. The Morgan fingerprint density at radius 2 is 2.06 bits per heavy atom. The molecule has 1 fully saturated rings. The van der Waals surface area contributed by atoms with Crippen LogP contribution >= 0.6 is 0 Å². The van der Waals surface area contributed by atoms with Gasteiger partial charge in [0.25, 0.3) is 0 Å². The van der Waals surface area contributed by atoms with E-state index < -0.39 is 0 Å². The van der Waals surface area contributed by atoms with Crippen molar-refractivity contribution in [3.05, 3.63) is 0 Å². The lowest BCUT2D eigenvalue weighted by Crippen LogP contribution is -2.44. The molecule has 0 aromatic rings. The van der Waals surface area contributed by atoms with Crippen molar-refractivity contribution < 1.29 is 4.74 Å². The molecule has 1 saturated heterocycles. The molecule has 1 aliphatic rings. The van der Waals surface area contributed by atoms with Crippen LogP contribution in [-0.2, 0) is 4.74 Å². The highest BCUT2D eigenvalue weighted by atomic mass is 16.5. The van der Waals surface area contributed by atoms with E-state index in [1.54, 1.807) is 0 Å². The summed E-state index contributed by atoms with van der Waals surface area (Å²) in [4.78, 5) is 2.26. The predicted octanol–water partition coefficient (Wildman–Crippen LogP) is 1.73. The first-order chi connectivity index (χ1) is 7.39. The zero-order valence-electron chi connectivity index (χ0n) is 11.5. The molecule has 1 aliphatic heterocycles. The highest BCUT2D eigenvalue weighted by molar-refractivity contribution is 4.80. The van der Waals surface area contributed by atoms with Crippen molar-refractivity contribution in [2.45, 2.75) is 45.8 Å². The van der Waals surface area contributed by atoms with E-state index in [9.17, 15) is 0 Å². The number of hydrogen-bond donors (Lipinski definition) is 1. The van der Waals surface area contributed by atoms with E-state index in [1.807, 2.05) is 0 Å². The Bertz CT molecular complexity index is 204. The Labute approximate surface area is 101 Å². The van der Waals surface area contributed by atoms with Crippen molar-refractivity contribution in [2.75, 3.05) is 33.8 Å². The Hall–Kier alpha value is -0.120. The summed E-state index contributed by atoms with van der Waals surface area (Å²) in [6.07, 6.45) is 2.73. The van der Waals surface area contributed by atoms with Crippen LogP contribution in [0.1, 0.15) is 33.6 Å². The second kappa shape index (κ2) is 5.99. The molecule has 0 aromatic heterocycles. The van der Waals surface area contributed by atoms with Crippen molar-refractivity contribution >= 4 is 0 Å². The Balaban J connectivity index is 2.27. The topological polar surface area (TPSA) is 24.5 Å². The molecular weight excluding hydrogens is 200 g/mol. The highest BCUT2D eigenvalue weighted by Crippen LogP contribution is 2.18. The van der Waals surface area contributed by atoms with Crippen LogP contribution in [0.15, 0.2) is 0 Å². The number of ether oxygens (including phenoxy) is 1. The van der Waals surface area contributed by atoms with Gasteiger partial charge >= 0.3 is 0 Å². The molecule has 96 valence electrons. The first-order valence-electron chi connectivity index (χ1n) is 6.39. The van der Waals surface area contributed by atoms with E-state index in [0.717, 1.165) is 32.5 Å². The molecule has 3 heteroatoms. The second-order valence-corrected chi connectivity index (χ2v) is 6.19. The van der Waals surface area contributed by atoms with E-state index >= 15 is 0 Å². The van der Waals surface area contributed by atoms with E-state index in [0.29, 0.717) is 17.6 Å². The van der Waals surface area contributed by atoms with E-state index in [2.05, 4.69) is 45.1 Å². The first-order valence-corrected chi connectivity index (χ1v) is 6.39. The molecule has 2 atom stereocenters. The molecular formula is C13H28N2O. The van der Waals surface area contributed by atoms with Gasteiger partial charge in [-0.25, -0.2) is 0 Å². The molecule has 0 spiro atoms. The molecule has 1 N–H and O–H groups in total. The van der Waals surface area contributed by atoms with Crippen LogP contribution in [0.4, 0.5) is 0 Å². The van der Waals surface area contributed by atoms with E-state index in [4.69, 9.17) is 4.74 Å². The molecule has 1 heterocycles. The summed E-state index contributed by atoms with van der Waals surface area (Å²) in [7, 11) is 4.27. The summed E-state index contributed by atoms with van der Waals surface area (Å²) < 4.78 is 5.56. The largest absolute Gasteiger partial charge is 0.378 e. The van der Waals surface area contributed by atoms with Gasteiger partial charge in [-0.3, -0.25) is 0 Å². The van der Waals surface area contributed by atoms with Crippen LogP contribution in [0.5, 0.6) is 0 Å². The van der Waals surface area contributed by atoms with Gasteiger partial charge in [-0.05, 0) is 39.3 Å². The van der Waals surface area contributed by atoms with Crippen LogP contribution < -0.4 is 5.32 Å². The first kappa shape index (κ1) is 13.9. The van der Waals surface area contributed by atoms with Crippen LogP contribution in [0.25, 0.3) is 0 Å². The molecule has 0 aromatic carbocycles. The number of rotatable bonds is 5. The quantitative estimate of drug-likeness (QED) is 0.775. The second-order valence-electron chi connectivity index (χ2n) is 6.19. The van der Waals surface area contributed by atoms with Gasteiger partial charge in [0.2, 0.25) is 0 Å². The fraction of sp³-hybridized carbons (Fsp3) is 1.00. The minimum absolute atomic E-state index is 0.338. The Kier molecular flexibility index (Phi) is 5.22. The van der Waals surface area contributed by atoms with Crippen LogP contribution in [0, 0.1) is 5.41 Å². The van der Waals surface area contributed by atoms with Gasteiger partial charge in [0.05, 0.1) is 6.10 Å². The molecule has 0 aliphatic carbocycles. The third-order valence-corrected chi connectivity index (χ3v) is 3.10. The van der Waals surface area contributed by atoms with Gasteiger partial charge in [0.15, 0.2) is 0 Å². The molecule has 1 rings (SSSR count). The number of hydrogen-bond acceptors (Lipinski definition) is 3. The molecule has 3 nitrogen and oxygen atoms in total. The van der Waals surface area contributed by atoms with Gasteiger partial charge in [0.1, 0.15) is 0 Å². The summed E-state index contributed by atoms with van der Waals surface area (Å²) in [6.45, 7) is 9.93. The van der Waals surface area contributed by atoms with Crippen molar-refractivity contribution in [3.8, 4) is 0 Å². The average molecular weight is 228 g/mol. The predicted molar refractivity (Wildman–Crippen MR) is 68.8 cm³/mol. The zero-order chi connectivity index (χ0) is 12.2. The van der Waals surface area contributed by atoms with E-state index in [-0.39, 0.29) is 0 Å². The molecule has 2 unspecified atom stereocenters. The van der Waals surface area contributed by atoms with Crippen molar-refractivity contribution in [1.29, 1.82) is 0 Å². The smallest absolute Gasteiger partial charge is 0.0561 e. The normalized spacial score (nSPS) is 27.4. The lowest BCUT2D eigenvalue weighted by atomic mass is 9.92. The fourth-order valence-corrected chi connectivity index (χ4v) is 2.52. The average Bonchev–Trinajstić information content (AvgIpc) is 2.13. The molecule has 16 heavy (non-hydrogen) atoms. The molecule has 0 amide bonds. The van der Waals surface area contributed by atoms with Gasteiger partial charge in [-0.1, -0.05) is 13.8 Å². The summed E-state index contributed by atoms with van der Waals surface area (Å²) in [6, 6.07) is 0.644. The maximum absolute atomic E-state index is 5.56. The van der Waals surface area contributed by atoms with Crippen LogP contribution in [-0.4, -0.2) is 50.8 Å². The molecule has 0 bridgehead atoms. The number of nitrogens with one attached hydrogen (secondary N) is 1. The Morgan fingerprint density at radius 3 is 2.62 bits per heavy atom. The lowest BCUT2D eigenvalue weighted by Gasteiger charge is -2.33. The number of nitrogens with zero attached hydrogens (tertiary/aromatic N) is 1. The molecule has 0 radical (unpaired) electrons. The zero-order valence-corrected chi connectivity index (χ0v) is 11.5. The third kappa shape index (κ3) is 5.28. The van der Waals surface area contributed by atoms with Gasteiger partial charge in [0, 0.05) is 25.7 Å². The lowest BCUT2D eigenvalue weighted by molar-refractivity contribution is 0.0113. The van der Waals surface area contributed by atoms with Crippen LogP contribution in [0.2, 0.25) is 0 Å². The summed E-state index contributed by atoms with van der Waals surface area (Å²) in [5.41, 5.74) is 0.338. The maximum Gasteiger partial charge on any atom is 0.0561 e. The van der Waals surface area contributed by atoms with Crippen molar-refractivity contribution in [3.63, 3.8) is 0 Å². The van der Waals surface area contributed by atoms with Gasteiger partial charge in [-0.2, -0.15) is 0 Å². The summed E-state index contributed by atoms with van der Waals surface area (Å²) in [5.74, 6) is 0. The van der Waals surface area contributed by atoms with Crippen LogP contribution in [0.3, 0.4) is 0 Å². The monoisotopic (exact) mass is 228 g/mol. The van der Waals surface area contributed by atoms with Gasteiger partial charge in [-0.15, -0.1) is 0 Å². The highest BCUT2D eigenvalue weighted by Gasteiger charge is 2.23. The molecule has 0 saturated carbocycles. The Morgan fingerprint density at radius 1 is 1.38 bits per heavy atom. The summed E-state index contributed by atoms with van der Waals surface area (Å²) >= 11 is 0. The van der Waals surface area contributed by atoms with Crippen molar-refractivity contribution in [1.82, 2.24) is 10.2 Å². The minimum atomic E-state index is 0.338. The third-order valence-electron chi connectivity index (χ3n) is 3.10. The van der Waals surface area contributed by atoms with E-state index in [1.165, 1.54) is 0 Å². The maximum atomic E-state index is 5.56. The van der Waals surface area contributed by atoms with Gasteiger partial charge < -0.3 is 15.0 Å². The summed E-state index contributed by atoms with van der Waals surface area (Å²) in [5, 5.41) is 3.69. The fourth-order valence-electron chi connectivity index (χ4n) is 2.52. The SMILES string of the molecule is CC1CC(NCC(C)(C)CN(C)C)CCO1. The van der Waals surface area contributed by atoms with Crippen molar-refractivity contribution in [2.24, 2.45) is 5.41 Å².